The Morgan fingerprint density at radius 1 is 1.21 bits per heavy atom. The van der Waals surface area contributed by atoms with Crippen LogP contribution in [0.2, 0.25) is 0 Å². The molecule has 0 radical (unpaired) electrons. The number of pyridine rings is 1. The van der Waals surface area contributed by atoms with Gasteiger partial charge in [0.1, 0.15) is 5.52 Å². The van der Waals surface area contributed by atoms with E-state index in [9.17, 15) is 0 Å². The molecule has 0 aliphatic carbocycles. The molecule has 2 aromatic heterocycles. The van der Waals surface area contributed by atoms with Crippen molar-refractivity contribution in [2.45, 2.75) is 23.1 Å². The third-order valence-electron chi connectivity index (χ3n) is 2.71. The van der Waals surface area contributed by atoms with Crippen molar-refractivity contribution >= 4 is 22.9 Å². The number of hydrogen-bond donors (Lipinski definition) is 1. The smallest absolute Gasteiger partial charge is 0.261 e. The summed E-state index contributed by atoms with van der Waals surface area (Å²) in [5.41, 5.74) is 8.31. The third-order valence-corrected chi connectivity index (χ3v) is 3.53. The Labute approximate surface area is 115 Å². The Bertz CT molecular complexity index is 658. The number of benzene rings is 1. The Morgan fingerprint density at radius 3 is 2.74 bits per heavy atom. The molecule has 0 fully saturated rings. The highest BCUT2D eigenvalue weighted by Crippen LogP contribution is 2.29. The van der Waals surface area contributed by atoms with Gasteiger partial charge in [-0.3, -0.25) is 4.98 Å². The zero-order valence-electron chi connectivity index (χ0n) is 10.4. The largest absolute Gasteiger partial charge is 0.431 e. The van der Waals surface area contributed by atoms with Crippen LogP contribution in [0, 0.1) is 0 Å². The molecule has 2 heterocycles. The average molecular weight is 271 g/mol. The van der Waals surface area contributed by atoms with E-state index in [0.29, 0.717) is 5.22 Å². The van der Waals surface area contributed by atoms with E-state index >= 15 is 0 Å². The van der Waals surface area contributed by atoms with E-state index < -0.39 is 0 Å². The second-order valence-corrected chi connectivity index (χ2v) is 5.28. The highest BCUT2D eigenvalue weighted by atomic mass is 32.2. The van der Waals surface area contributed by atoms with Crippen LogP contribution >= 0.6 is 11.8 Å². The van der Waals surface area contributed by atoms with Crippen LogP contribution in [-0.4, -0.2) is 9.97 Å². The summed E-state index contributed by atoms with van der Waals surface area (Å²) in [6, 6.07) is 11.6. The summed E-state index contributed by atoms with van der Waals surface area (Å²) in [5.74, 6) is 0. The number of para-hydroxylation sites is 2. The molecule has 0 bridgehead atoms. The van der Waals surface area contributed by atoms with Crippen LogP contribution in [0.3, 0.4) is 0 Å². The van der Waals surface area contributed by atoms with Gasteiger partial charge in [-0.25, -0.2) is 4.98 Å². The summed E-state index contributed by atoms with van der Waals surface area (Å²) in [7, 11) is 0. The van der Waals surface area contributed by atoms with Crippen LogP contribution in [0.5, 0.6) is 0 Å². The SMILES string of the molecule is C[C@H](N)c1ccc(Sc2nc3ccccc3o2)cn1. The lowest BCUT2D eigenvalue weighted by atomic mass is 10.2. The van der Waals surface area contributed by atoms with Crippen LogP contribution in [0.25, 0.3) is 11.1 Å². The fraction of sp³-hybridized carbons (Fsp3) is 0.143. The van der Waals surface area contributed by atoms with E-state index in [4.69, 9.17) is 10.2 Å². The van der Waals surface area contributed by atoms with Gasteiger partial charge in [0.15, 0.2) is 5.58 Å². The second kappa shape index (κ2) is 5.03. The van der Waals surface area contributed by atoms with E-state index in [-0.39, 0.29) is 6.04 Å². The number of fused-ring (bicyclic) bond motifs is 1. The summed E-state index contributed by atoms with van der Waals surface area (Å²) in [5, 5.41) is 0.622. The van der Waals surface area contributed by atoms with Crippen LogP contribution in [0.4, 0.5) is 0 Å². The Balaban J connectivity index is 1.84. The first-order chi connectivity index (χ1) is 9.22. The van der Waals surface area contributed by atoms with E-state index in [2.05, 4.69) is 9.97 Å². The summed E-state index contributed by atoms with van der Waals surface area (Å²) < 4.78 is 5.65. The van der Waals surface area contributed by atoms with Gasteiger partial charge in [-0.05, 0) is 43.0 Å². The second-order valence-electron chi connectivity index (χ2n) is 4.26. The van der Waals surface area contributed by atoms with Gasteiger partial charge >= 0.3 is 0 Å². The number of nitrogens with zero attached hydrogens (tertiary/aromatic N) is 2. The third kappa shape index (κ3) is 2.62. The van der Waals surface area contributed by atoms with Gasteiger partial charge in [-0.15, -0.1) is 0 Å². The first-order valence-electron chi connectivity index (χ1n) is 5.97. The molecule has 19 heavy (non-hydrogen) atoms. The predicted molar refractivity (Wildman–Crippen MR) is 75.0 cm³/mol. The van der Waals surface area contributed by atoms with Gasteiger partial charge in [0.2, 0.25) is 0 Å². The molecule has 0 aliphatic rings. The maximum atomic E-state index is 5.77. The molecular formula is C14H13N3OS. The highest BCUT2D eigenvalue weighted by molar-refractivity contribution is 7.99. The lowest BCUT2D eigenvalue weighted by molar-refractivity contribution is 0.489. The Morgan fingerprint density at radius 2 is 2.05 bits per heavy atom. The highest BCUT2D eigenvalue weighted by Gasteiger charge is 2.08. The molecule has 2 N–H and O–H groups in total. The van der Waals surface area contributed by atoms with E-state index in [1.54, 1.807) is 6.20 Å². The summed E-state index contributed by atoms with van der Waals surface area (Å²) >= 11 is 1.45. The van der Waals surface area contributed by atoms with Crippen molar-refractivity contribution in [1.29, 1.82) is 0 Å². The molecule has 0 spiro atoms. The number of aromatic nitrogens is 2. The van der Waals surface area contributed by atoms with Crippen molar-refractivity contribution in [3.63, 3.8) is 0 Å². The summed E-state index contributed by atoms with van der Waals surface area (Å²) in [6.07, 6.45) is 1.79. The van der Waals surface area contributed by atoms with Gasteiger partial charge < -0.3 is 10.2 Å². The monoisotopic (exact) mass is 271 g/mol. The van der Waals surface area contributed by atoms with E-state index in [1.807, 2.05) is 43.3 Å². The lowest BCUT2D eigenvalue weighted by Gasteiger charge is -2.04. The van der Waals surface area contributed by atoms with Gasteiger partial charge in [-0.2, -0.15) is 0 Å². The molecule has 0 aliphatic heterocycles. The number of rotatable bonds is 3. The molecule has 0 saturated heterocycles. The molecule has 3 aromatic rings. The molecule has 96 valence electrons. The maximum absolute atomic E-state index is 5.77. The first-order valence-corrected chi connectivity index (χ1v) is 6.79. The molecule has 0 amide bonds. The summed E-state index contributed by atoms with van der Waals surface area (Å²) in [6.45, 7) is 1.91. The van der Waals surface area contributed by atoms with E-state index in [0.717, 1.165) is 21.7 Å². The fourth-order valence-electron chi connectivity index (χ4n) is 1.72. The fourth-order valence-corrected chi connectivity index (χ4v) is 2.44. The van der Waals surface area contributed by atoms with Gasteiger partial charge in [0, 0.05) is 17.1 Å². The maximum Gasteiger partial charge on any atom is 0.261 e. The van der Waals surface area contributed by atoms with Crippen LogP contribution in [0.1, 0.15) is 18.7 Å². The molecule has 4 nitrogen and oxygen atoms in total. The van der Waals surface area contributed by atoms with Crippen LogP contribution < -0.4 is 5.73 Å². The number of oxazole rings is 1. The zero-order chi connectivity index (χ0) is 13.2. The molecule has 1 atom stereocenters. The molecule has 0 unspecified atom stereocenters. The Kier molecular flexibility index (Phi) is 3.23. The quantitative estimate of drug-likeness (QED) is 0.791. The average Bonchev–Trinajstić information content (AvgIpc) is 2.81. The minimum absolute atomic E-state index is 0.0524. The van der Waals surface area contributed by atoms with E-state index in [1.165, 1.54) is 11.8 Å². The molecule has 3 rings (SSSR count). The molecule has 1 aromatic carbocycles. The normalized spacial score (nSPS) is 12.7. The van der Waals surface area contributed by atoms with Crippen molar-refractivity contribution in [2.75, 3.05) is 0 Å². The number of hydrogen-bond acceptors (Lipinski definition) is 5. The topological polar surface area (TPSA) is 64.9 Å². The van der Waals surface area contributed by atoms with Crippen molar-refractivity contribution in [1.82, 2.24) is 9.97 Å². The lowest BCUT2D eigenvalue weighted by Crippen LogP contribution is -2.06. The number of nitrogens with two attached hydrogens (primary N) is 1. The first kappa shape index (κ1) is 12.2. The van der Waals surface area contributed by atoms with Gasteiger partial charge in [0.25, 0.3) is 5.22 Å². The van der Waals surface area contributed by atoms with Crippen molar-refractivity contribution in [3.8, 4) is 0 Å². The Hall–Kier alpha value is -1.85. The van der Waals surface area contributed by atoms with Crippen molar-refractivity contribution < 1.29 is 4.42 Å². The standard InChI is InChI=1S/C14H13N3OS/c1-9(15)11-7-6-10(8-16-11)19-14-17-12-4-2-3-5-13(12)18-14/h2-9H,15H2,1H3/t9-/m0/s1. The van der Waals surface area contributed by atoms with Crippen molar-refractivity contribution in [3.05, 3.63) is 48.3 Å². The van der Waals surface area contributed by atoms with Crippen molar-refractivity contribution in [2.24, 2.45) is 5.73 Å². The molecular weight excluding hydrogens is 258 g/mol. The van der Waals surface area contributed by atoms with Gasteiger partial charge in [-0.1, -0.05) is 12.1 Å². The van der Waals surface area contributed by atoms with Crippen LogP contribution in [-0.2, 0) is 0 Å². The minimum atomic E-state index is -0.0524. The zero-order valence-corrected chi connectivity index (χ0v) is 11.2. The van der Waals surface area contributed by atoms with Crippen LogP contribution in [0.15, 0.2) is 57.1 Å². The molecule has 5 heteroatoms. The minimum Gasteiger partial charge on any atom is -0.431 e. The molecule has 0 saturated carbocycles. The van der Waals surface area contributed by atoms with Gasteiger partial charge in [0.05, 0.1) is 5.69 Å². The predicted octanol–water partition coefficient (Wildman–Crippen LogP) is 3.39. The summed E-state index contributed by atoms with van der Waals surface area (Å²) in [4.78, 5) is 9.70.